The van der Waals surface area contributed by atoms with Crippen molar-refractivity contribution >= 4 is 29.1 Å². The van der Waals surface area contributed by atoms with Crippen molar-refractivity contribution in [2.45, 2.75) is 22.7 Å². The lowest BCUT2D eigenvalue weighted by Gasteiger charge is -2.24. The predicted molar refractivity (Wildman–Crippen MR) is 56.1 cm³/mol. The predicted octanol–water partition coefficient (Wildman–Crippen LogP) is 3.95. The van der Waals surface area contributed by atoms with Crippen LogP contribution in [0.1, 0.15) is 16.8 Å². The van der Waals surface area contributed by atoms with E-state index < -0.39 is 23.6 Å². The molecule has 2 rings (SSSR count). The molecular weight excluding hydrogens is 261 g/mol. The number of benzene rings is 1. The van der Waals surface area contributed by atoms with Crippen LogP contribution in [0, 0.1) is 0 Å². The molecular formula is C10H6ClF3OS. The summed E-state index contributed by atoms with van der Waals surface area (Å²) in [4.78, 5) is 11.9. The summed E-state index contributed by atoms with van der Waals surface area (Å²) in [6, 6.07) is 4.36. The number of carbonyl (C=O) groups is 1. The Kier molecular flexibility index (Phi) is 2.92. The number of hydrogen-bond acceptors (Lipinski definition) is 2. The number of thioether (sulfide) groups is 1. The summed E-state index contributed by atoms with van der Waals surface area (Å²) < 4.78 is 37.5. The number of Topliss-reactive ketones (excluding diaryl/α,β-unsaturated/α-hetero) is 1. The monoisotopic (exact) mass is 266 g/mol. The molecule has 0 N–H and O–H groups in total. The molecule has 6 heteroatoms. The van der Waals surface area contributed by atoms with Crippen molar-refractivity contribution in [2.75, 3.05) is 0 Å². The molecule has 1 aliphatic rings. The van der Waals surface area contributed by atoms with E-state index in [1.54, 1.807) is 0 Å². The maximum absolute atomic E-state index is 12.5. The van der Waals surface area contributed by atoms with Gasteiger partial charge in [0.2, 0.25) is 0 Å². The van der Waals surface area contributed by atoms with E-state index in [1.165, 1.54) is 18.2 Å². The van der Waals surface area contributed by atoms with Gasteiger partial charge >= 0.3 is 6.18 Å². The SMILES string of the molecule is O=C1CC(C(F)(F)F)Sc2ccc(Cl)cc21. The van der Waals surface area contributed by atoms with Gasteiger partial charge in [-0.15, -0.1) is 11.8 Å². The van der Waals surface area contributed by atoms with Gasteiger partial charge in [0.05, 0.1) is 0 Å². The third-order valence-corrected chi connectivity index (χ3v) is 3.81. The van der Waals surface area contributed by atoms with E-state index in [0.29, 0.717) is 21.7 Å². The molecule has 0 aliphatic carbocycles. The second-order valence-corrected chi connectivity index (χ2v) is 5.10. The fourth-order valence-electron chi connectivity index (χ4n) is 1.48. The van der Waals surface area contributed by atoms with E-state index in [9.17, 15) is 18.0 Å². The molecule has 0 fully saturated rings. The van der Waals surface area contributed by atoms with Crippen LogP contribution in [-0.4, -0.2) is 17.2 Å². The van der Waals surface area contributed by atoms with E-state index >= 15 is 0 Å². The van der Waals surface area contributed by atoms with Crippen LogP contribution in [0.15, 0.2) is 23.1 Å². The van der Waals surface area contributed by atoms with E-state index in [-0.39, 0.29) is 5.56 Å². The molecule has 86 valence electrons. The minimum atomic E-state index is -4.35. The lowest BCUT2D eigenvalue weighted by Crippen LogP contribution is -2.31. The first kappa shape index (κ1) is 11.8. The minimum Gasteiger partial charge on any atom is -0.294 e. The van der Waals surface area contributed by atoms with Gasteiger partial charge in [-0.3, -0.25) is 4.79 Å². The maximum atomic E-state index is 12.5. The molecule has 1 atom stereocenters. The number of alkyl halides is 3. The van der Waals surface area contributed by atoms with Crippen LogP contribution in [0.25, 0.3) is 0 Å². The summed E-state index contributed by atoms with van der Waals surface area (Å²) in [6.07, 6.45) is -4.86. The van der Waals surface area contributed by atoms with Gasteiger partial charge in [-0.2, -0.15) is 13.2 Å². The van der Waals surface area contributed by atoms with E-state index in [1.807, 2.05) is 0 Å². The maximum Gasteiger partial charge on any atom is 0.401 e. The molecule has 1 aromatic carbocycles. The highest BCUT2D eigenvalue weighted by Gasteiger charge is 2.44. The Labute approximate surface area is 99.0 Å². The summed E-state index contributed by atoms with van der Waals surface area (Å²) in [5.41, 5.74) is 0.290. The van der Waals surface area contributed by atoms with Gasteiger partial charge < -0.3 is 0 Å². The average molecular weight is 267 g/mol. The summed E-state index contributed by atoms with van der Waals surface area (Å²) in [6.45, 7) is 0. The molecule has 0 saturated heterocycles. The second kappa shape index (κ2) is 3.96. The van der Waals surface area contributed by atoms with Gasteiger partial charge in [0.15, 0.2) is 5.78 Å². The third-order valence-electron chi connectivity index (χ3n) is 2.25. The quantitative estimate of drug-likeness (QED) is 0.707. The first-order chi connectivity index (χ1) is 7.38. The Bertz CT molecular complexity index is 444. The van der Waals surface area contributed by atoms with E-state index in [0.717, 1.165) is 0 Å². The standard InChI is InChI=1S/C10H6ClF3OS/c11-5-1-2-8-6(3-5)7(15)4-9(16-8)10(12,13)14/h1-3,9H,4H2. The highest BCUT2D eigenvalue weighted by Crippen LogP contribution is 2.43. The van der Waals surface area contributed by atoms with Gasteiger partial charge in [0.1, 0.15) is 5.25 Å². The van der Waals surface area contributed by atoms with E-state index in [2.05, 4.69) is 0 Å². The van der Waals surface area contributed by atoms with E-state index in [4.69, 9.17) is 11.6 Å². The largest absolute Gasteiger partial charge is 0.401 e. The van der Waals surface area contributed by atoms with Crippen molar-refractivity contribution in [3.63, 3.8) is 0 Å². The Morgan fingerprint density at radius 3 is 2.69 bits per heavy atom. The smallest absolute Gasteiger partial charge is 0.294 e. The average Bonchev–Trinajstić information content (AvgIpc) is 2.17. The first-order valence-corrected chi connectivity index (χ1v) is 5.70. The summed E-state index contributed by atoms with van der Waals surface area (Å²) in [7, 11) is 0. The fraction of sp³-hybridized carbons (Fsp3) is 0.300. The van der Waals surface area contributed by atoms with Gasteiger partial charge in [-0.05, 0) is 18.2 Å². The number of ketones is 1. The van der Waals surface area contributed by atoms with Gasteiger partial charge in [0.25, 0.3) is 0 Å². The number of hydrogen-bond donors (Lipinski definition) is 0. The molecule has 16 heavy (non-hydrogen) atoms. The molecule has 1 aliphatic heterocycles. The Morgan fingerprint density at radius 2 is 2.06 bits per heavy atom. The Morgan fingerprint density at radius 1 is 1.38 bits per heavy atom. The topological polar surface area (TPSA) is 17.1 Å². The zero-order valence-corrected chi connectivity index (χ0v) is 9.42. The van der Waals surface area contributed by atoms with Crippen molar-refractivity contribution in [1.29, 1.82) is 0 Å². The molecule has 0 saturated carbocycles. The van der Waals surface area contributed by atoms with Crippen molar-refractivity contribution < 1.29 is 18.0 Å². The third kappa shape index (κ3) is 2.20. The van der Waals surface area contributed by atoms with Crippen molar-refractivity contribution in [3.05, 3.63) is 28.8 Å². The van der Waals surface area contributed by atoms with Crippen LogP contribution >= 0.6 is 23.4 Å². The van der Waals surface area contributed by atoms with Crippen LogP contribution in [0.3, 0.4) is 0 Å². The van der Waals surface area contributed by atoms with Crippen LogP contribution in [0.4, 0.5) is 13.2 Å². The molecule has 1 heterocycles. The summed E-state index contributed by atoms with van der Waals surface area (Å²) in [5, 5.41) is -1.29. The molecule has 0 amide bonds. The fourth-order valence-corrected chi connectivity index (χ4v) is 2.77. The molecule has 0 bridgehead atoms. The lowest BCUT2D eigenvalue weighted by molar-refractivity contribution is -0.128. The van der Waals surface area contributed by atoms with Crippen molar-refractivity contribution in [3.8, 4) is 0 Å². The van der Waals surface area contributed by atoms with Gasteiger partial charge in [-0.1, -0.05) is 11.6 Å². The molecule has 0 radical (unpaired) electrons. The Hall–Kier alpha value is -0.680. The van der Waals surface area contributed by atoms with Crippen LogP contribution in [0.2, 0.25) is 5.02 Å². The van der Waals surface area contributed by atoms with Crippen molar-refractivity contribution in [2.24, 2.45) is 0 Å². The van der Waals surface area contributed by atoms with Crippen molar-refractivity contribution in [1.82, 2.24) is 0 Å². The first-order valence-electron chi connectivity index (χ1n) is 4.44. The Balaban J connectivity index is 2.38. The summed E-state index contributed by atoms with van der Waals surface area (Å²) >= 11 is 6.36. The number of carbonyl (C=O) groups excluding carboxylic acids is 1. The minimum absolute atomic E-state index is 0.290. The molecule has 0 aromatic heterocycles. The van der Waals surface area contributed by atoms with Crippen LogP contribution in [0.5, 0.6) is 0 Å². The normalized spacial score (nSPS) is 20.8. The molecule has 1 aromatic rings. The zero-order valence-electron chi connectivity index (χ0n) is 7.84. The zero-order chi connectivity index (χ0) is 11.9. The lowest BCUT2D eigenvalue weighted by atomic mass is 10.1. The van der Waals surface area contributed by atoms with Crippen LogP contribution in [-0.2, 0) is 0 Å². The molecule has 1 unspecified atom stereocenters. The van der Waals surface area contributed by atoms with Gasteiger partial charge in [-0.25, -0.2) is 0 Å². The highest BCUT2D eigenvalue weighted by atomic mass is 35.5. The number of fused-ring (bicyclic) bond motifs is 1. The molecule has 1 nitrogen and oxygen atoms in total. The van der Waals surface area contributed by atoms with Gasteiger partial charge in [0, 0.05) is 21.9 Å². The second-order valence-electron chi connectivity index (χ2n) is 3.42. The number of rotatable bonds is 0. The number of halogens is 4. The molecule has 0 spiro atoms. The summed E-state index contributed by atoms with van der Waals surface area (Å²) in [5.74, 6) is -0.501. The highest BCUT2D eigenvalue weighted by molar-refractivity contribution is 8.00. The van der Waals surface area contributed by atoms with Crippen LogP contribution < -0.4 is 0 Å².